The zero-order chi connectivity index (χ0) is 4.24. The quantitative estimate of drug-likeness (QED) is 0.413. The third kappa shape index (κ3) is 9.12. The maximum atomic E-state index is 5.01. The minimum atomic E-state index is 0. The summed E-state index contributed by atoms with van der Waals surface area (Å²) in [6.45, 7) is 3.83. The van der Waals surface area contributed by atoms with Crippen molar-refractivity contribution in [3.63, 3.8) is 0 Å². The van der Waals surface area contributed by atoms with Gasteiger partial charge in [0.25, 0.3) is 0 Å². The third-order valence-corrected chi connectivity index (χ3v) is 0.846. The van der Waals surface area contributed by atoms with Gasteiger partial charge in [0.1, 0.15) is 0 Å². The molecule has 0 amide bonds. The van der Waals surface area contributed by atoms with Gasteiger partial charge >= 0.3 is 19.5 Å². The fraction of sp³-hybridized carbons (Fsp3) is 1.00. The van der Waals surface area contributed by atoms with E-state index in [-0.39, 0.29) is 44.3 Å². The summed E-state index contributed by atoms with van der Waals surface area (Å²) in [6, 6.07) is 0. The topological polar surface area (TPSA) is 21.3 Å². The van der Waals surface area contributed by atoms with Crippen LogP contribution in [0.4, 0.5) is 0 Å². The molecule has 1 aliphatic rings. The normalized spacial score (nSPS) is 16.0. The minimum absolute atomic E-state index is 0. The summed E-state index contributed by atoms with van der Waals surface area (Å²) in [5.41, 5.74) is 0. The van der Waals surface area contributed by atoms with E-state index in [0.717, 1.165) is 26.3 Å². The molecule has 5 heteroatoms. The Hall–Kier alpha value is 1.12. The van der Waals surface area contributed by atoms with Crippen molar-refractivity contribution in [1.29, 1.82) is 0 Å². The number of rotatable bonds is 0. The van der Waals surface area contributed by atoms with Gasteiger partial charge in [-0.2, -0.15) is 0 Å². The van der Waals surface area contributed by atoms with Crippen LogP contribution in [0.15, 0.2) is 0 Å². The summed E-state index contributed by atoms with van der Waals surface area (Å²) in [5, 5.41) is 3.16. The molecule has 0 aromatic rings. The van der Waals surface area contributed by atoms with Crippen molar-refractivity contribution >= 4 is 0 Å². The fourth-order valence-electron chi connectivity index (χ4n) is 0.516. The molecule has 1 heterocycles. The number of hydrogen-bond acceptors (Lipinski definition) is 2. The van der Waals surface area contributed by atoms with Gasteiger partial charge in [-0.15, -0.1) is 0 Å². The Kier molecular flexibility index (Phi) is 21.9. The predicted molar refractivity (Wildman–Crippen MR) is 23.7 cm³/mol. The standard InChI is InChI=1S/C4H9NO.2ClH.Zn/c1-3-6-4-2-5-1;;;/h5H,1-4H2;2*1H;/q;;;+2/p-2. The molecule has 0 atom stereocenters. The number of hydrogen-bond donors (Lipinski definition) is 1. The van der Waals surface area contributed by atoms with E-state index < -0.39 is 0 Å². The van der Waals surface area contributed by atoms with Crippen LogP contribution in [0.5, 0.6) is 0 Å². The summed E-state index contributed by atoms with van der Waals surface area (Å²) in [6.07, 6.45) is 0. The molecule has 0 saturated carbocycles. The van der Waals surface area contributed by atoms with Crippen LogP contribution in [0.3, 0.4) is 0 Å². The van der Waals surface area contributed by atoms with Gasteiger partial charge in [-0.05, 0) is 0 Å². The van der Waals surface area contributed by atoms with Crippen LogP contribution in [0.1, 0.15) is 0 Å². The fourth-order valence-corrected chi connectivity index (χ4v) is 0.516. The van der Waals surface area contributed by atoms with Gasteiger partial charge in [-0.25, -0.2) is 0 Å². The van der Waals surface area contributed by atoms with Gasteiger partial charge in [0.05, 0.1) is 13.2 Å². The van der Waals surface area contributed by atoms with Crippen LogP contribution in [0.2, 0.25) is 0 Å². The van der Waals surface area contributed by atoms with Crippen molar-refractivity contribution in [3.05, 3.63) is 0 Å². The second kappa shape index (κ2) is 11.9. The molecule has 1 fully saturated rings. The molecular weight excluding hydrogens is 214 g/mol. The van der Waals surface area contributed by atoms with Crippen molar-refractivity contribution in [2.24, 2.45) is 0 Å². The molecule has 1 saturated heterocycles. The van der Waals surface area contributed by atoms with E-state index in [1.807, 2.05) is 0 Å². The molecule has 0 aromatic heterocycles. The van der Waals surface area contributed by atoms with Crippen molar-refractivity contribution in [1.82, 2.24) is 5.32 Å². The molecular formula is C4H9Cl2NOZn. The molecule has 0 aliphatic carbocycles. The van der Waals surface area contributed by atoms with Gasteiger partial charge < -0.3 is 34.9 Å². The van der Waals surface area contributed by atoms with Crippen molar-refractivity contribution < 1.29 is 49.0 Å². The largest absolute Gasteiger partial charge is 2.00 e. The molecule has 0 bridgehead atoms. The van der Waals surface area contributed by atoms with Crippen LogP contribution >= 0.6 is 0 Å². The van der Waals surface area contributed by atoms with Crippen LogP contribution < -0.4 is 30.1 Å². The zero-order valence-electron chi connectivity index (χ0n) is 5.20. The van der Waals surface area contributed by atoms with Gasteiger partial charge in [0.2, 0.25) is 0 Å². The van der Waals surface area contributed by atoms with E-state index in [9.17, 15) is 0 Å². The Morgan fingerprint density at radius 1 is 1.00 bits per heavy atom. The first-order valence-corrected chi connectivity index (χ1v) is 2.28. The molecule has 0 radical (unpaired) electrons. The van der Waals surface area contributed by atoms with E-state index in [1.54, 1.807) is 0 Å². The maximum absolute atomic E-state index is 5.01. The van der Waals surface area contributed by atoms with Crippen molar-refractivity contribution in [3.8, 4) is 0 Å². The van der Waals surface area contributed by atoms with Crippen LogP contribution in [-0.2, 0) is 24.2 Å². The second-order valence-corrected chi connectivity index (χ2v) is 1.36. The van der Waals surface area contributed by atoms with E-state index in [1.165, 1.54) is 0 Å². The summed E-state index contributed by atoms with van der Waals surface area (Å²) in [7, 11) is 0. The van der Waals surface area contributed by atoms with Crippen LogP contribution in [0, 0.1) is 0 Å². The Morgan fingerprint density at radius 2 is 1.44 bits per heavy atom. The predicted octanol–water partition coefficient (Wildman–Crippen LogP) is -6.39. The molecule has 0 aromatic carbocycles. The summed E-state index contributed by atoms with van der Waals surface area (Å²) < 4.78 is 5.01. The SMILES string of the molecule is C1COCCN1.[Cl-].[Cl-].[Zn+2]. The van der Waals surface area contributed by atoms with Crippen molar-refractivity contribution in [2.75, 3.05) is 26.3 Å². The van der Waals surface area contributed by atoms with Crippen LogP contribution in [-0.4, -0.2) is 26.3 Å². The number of ether oxygens (including phenoxy) is 1. The molecule has 1 aliphatic heterocycles. The number of morpholine rings is 1. The summed E-state index contributed by atoms with van der Waals surface area (Å²) in [4.78, 5) is 0. The number of halogens is 2. The van der Waals surface area contributed by atoms with E-state index >= 15 is 0 Å². The first-order chi connectivity index (χ1) is 3.00. The first kappa shape index (κ1) is 16.6. The van der Waals surface area contributed by atoms with Gasteiger partial charge in [0, 0.05) is 13.1 Å². The summed E-state index contributed by atoms with van der Waals surface area (Å²) >= 11 is 0. The Balaban J connectivity index is -0.000000120. The zero-order valence-corrected chi connectivity index (χ0v) is 9.68. The average Bonchev–Trinajstić information content (AvgIpc) is 1.72. The van der Waals surface area contributed by atoms with E-state index in [0.29, 0.717) is 0 Å². The molecule has 0 spiro atoms. The van der Waals surface area contributed by atoms with Gasteiger partial charge in [0.15, 0.2) is 0 Å². The molecule has 9 heavy (non-hydrogen) atoms. The Bertz CT molecular complexity index is 34.0. The monoisotopic (exact) mass is 221 g/mol. The van der Waals surface area contributed by atoms with Gasteiger partial charge in [-0.1, -0.05) is 0 Å². The van der Waals surface area contributed by atoms with Gasteiger partial charge in [-0.3, -0.25) is 0 Å². The first-order valence-electron chi connectivity index (χ1n) is 2.28. The molecule has 1 N–H and O–H groups in total. The number of nitrogens with one attached hydrogen (secondary N) is 1. The molecule has 52 valence electrons. The minimum Gasteiger partial charge on any atom is -1.00 e. The molecule has 1 rings (SSSR count). The average molecular weight is 223 g/mol. The Morgan fingerprint density at radius 3 is 1.56 bits per heavy atom. The van der Waals surface area contributed by atoms with Crippen molar-refractivity contribution in [2.45, 2.75) is 0 Å². The summed E-state index contributed by atoms with van der Waals surface area (Å²) in [5.74, 6) is 0. The van der Waals surface area contributed by atoms with Crippen LogP contribution in [0.25, 0.3) is 0 Å². The smallest absolute Gasteiger partial charge is 1.00 e. The maximum Gasteiger partial charge on any atom is 2.00 e. The second-order valence-electron chi connectivity index (χ2n) is 1.36. The molecule has 0 unspecified atom stereocenters. The van der Waals surface area contributed by atoms with E-state index in [4.69, 9.17) is 4.74 Å². The Labute approximate surface area is 80.7 Å². The molecule has 2 nitrogen and oxygen atoms in total. The third-order valence-electron chi connectivity index (χ3n) is 0.846. The van der Waals surface area contributed by atoms with E-state index in [2.05, 4.69) is 5.32 Å².